The molecule has 38 heavy (non-hydrogen) atoms. The van der Waals surface area contributed by atoms with Crippen molar-refractivity contribution >= 4 is 41.2 Å². The molecule has 0 saturated heterocycles. The molecule has 0 saturated carbocycles. The highest BCUT2D eigenvalue weighted by Gasteiger charge is 2.17. The summed E-state index contributed by atoms with van der Waals surface area (Å²) >= 11 is 6.36. The molecule has 3 amide bonds. The van der Waals surface area contributed by atoms with E-state index < -0.39 is 11.8 Å². The van der Waals surface area contributed by atoms with Crippen LogP contribution in [0.3, 0.4) is 0 Å². The maximum Gasteiger partial charge on any atom is 0.329 e. The molecule has 3 rings (SSSR count). The fourth-order valence-corrected chi connectivity index (χ4v) is 3.81. The number of hydrogen-bond acceptors (Lipinski definition) is 6. The second-order valence-electron chi connectivity index (χ2n) is 8.49. The minimum atomic E-state index is -0.920. The number of nitrogens with one attached hydrogen (secondary N) is 3. The van der Waals surface area contributed by atoms with Gasteiger partial charge in [0, 0.05) is 5.69 Å². The minimum Gasteiger partial charge on any atom is -0.493 e. The average molecular weight is 537 g/mol. The molecule has 0 aromatic heterocycles. The number of aryl methyl sites for hydroxylation is 2. The van der Waals surface area contributed by atoms with Crippen LogP contribution >= 0.6 is 11.6 Å². The monoisotopic (exact) mass is 536 g/mol. The van der Waals surface area contributed by atoms with Gasteiger partial charge in [0.15, 0.2) is 18.1 Å². The number of amides is 3. The van der Waals surface area contributed by atoms with Gasteiger partial charge >= 0.3 is 11.8 Å². The Kier molecular flexibility index (Phi) is 9.84. The molecule has 198 valence electrons. The van der Waals surface area contributed by atoms with E-state index in [1.54, 1.807) is 13.0 Å². The largest absolute Gasteiger partial charge is 0.493 e. The van der Waals surface area contributed by atoms with E-state index in [0.717, 1.165) is 16.7 Å². The minimum absolute atomic E-state index is 0.172. The molecule has 0 fully saturated rings. The van der Waals surface area contributed by atoms with Gasteiger partial charge in [-0.1, -0.05) is 59.6 Å². The van der Waals surface area contributed by atoms with Crippen molar-refractivity contribution in [1.29, 1.82) is 0 Å². The van der Waals surface area contributed by atoms with Crippen LogP contribution < -0.4 is 25.5 Å². The van der Waals surface area contributed by atoms with Crippen molar-refractivity contribution in [2.45, 2.75) is 26.8 Å². The quantitative estimate of drug-likeness (QED) is 0.214. The van der Waals surface area contributed by atoms with E-state index in [4.69, 9.17) is 21.1 Å². The molecule has 3 N–H and O–H groups in total. The zero-order chi connectivity index (χ0) is 27.7. The van der Waals surface area contributed by atoms with E-state index in [2.05, 4.69) is 21.2 Å². The molecule has 1 atom stereocenters. The van der Waals surface area contributed by atoms with E-state index in [-0.39, 0.29) is 35.1 Å². The van der Waals surface area contributed by atoms with Crippen molar-refractivity contribution in [2.75, 3.05) is 19.0 Å². The molecule has 9 nitrogen and oxygen atoms in total. The number of rotatable bonds is 9. The van der Waals surface area contributed by atoms with Crippen molar-refractivity contribution in [3.63, 3.8) is 0 Å². The lowest BCUT2D eigenvalue weighted by Crippen LogP contribution is -2.39. The summed E-state index contributed by atoms with van der Waals surface area (Å²) in [7, 11) is 1.43. The Balaban J connectivity index is 1.57. The summed E-state index contributed by atoms with van der Waals surface area (Å²) in [5, 5.41) is 9.40. The second kappa shape index (κ2) is 13.3. The van der Waals surface area contributed by atoms with Crippen molar-refractivity contribution < 1.29 is 23.9 Å². The third kappa shape index (κ3) is 7.81. The Labute approximate surface area is 226 Å². The highest BCUT2D eigenvalue weighted by Crippen LogP contribution is 2.36. The summed E-state index contributed by atoms with van der Waals surface area (Å²) in [5.41, 5.74) is 6.24. The number of carbonyl (C=O) groups is 3. The first-order chi connectivity index (χ1) is 18.2. The first-order valence-corrected chi connectivity index (χ1v) is 12.1. The number of carbonyl (C=O) groups excluding carboxylic acids is 3. The highest BCUT2D eigenvalue weighted by molar-refractivity contribution is 6.35. The average Bonchev–Trinajstić information content (AvgIpc) is 2.89. The fourth-order valence-electron chi connectivity index (χ4n) is 3.54. The summed E-state index contributed by atoms with van der Waals surface area (Å²) < 4.78 is 11.0. The Bertz CT molecular complexity index is 1340. The normalized spacial score (nSPS) is 11.5. The zero-order valence-corrected chi connectivity index (χ0v) is 22.3. The third-order valence-corrected chi connectivity index (χ3v) is 5.77. The van der Waals surface area contributed by atoms with Gasteiger partial charge in [0.25, 0.3) is 5.91 Å². The number of benzene rings is 3. The first-order valence-electron chi connectivity index (χ1n) is 11.7. The van der Waals surface area contributed by atoms with Gasteiger partial charge in [-0.15, -0.1) is 0 Å². The number of ether oxygens (including phenoxy) is 2. The van der Waals surface area contributed by atoms with Gasteiger partial charge in [0.2, 0.25) is 0 Å². The van der Waals surface area contributed by atoms with Crippen molar-refractivity contribution in [2.24, 2.45) is 5.10 Å². The van der Waals surface area contributed by atoms with Crippen LogP contribution in [-0.2, 0) is 14.4 Å². The Hall–Kier alpha value is -4.37. The molecule has 10 heteroatoms. The molecule has 0 radical (unpaired) electrons. The van der Waals surface area contributed by atoms with Crippen molar-refractivity contribution in [3.05, 3.63) is 87.9 Å². The standard InChI is InChI=1S/C28H29ClN4O5/c1-17-10-11-23(18(2)12-17)32-25(34)16-38-26-22(29)13-20(14-24(26)37-4)15-30-33-28(36)27(35)31-19(3)21-8-6-5-7-9-21/h5-15,19H,16H2,1-4H3,(H,31,35)(H,32,34)(H,33,36)/b30-15-/t19-/m1/s1. The lowest BCUT2D eigenvalue weighted by molar-refractivity contribution is -0.139. The SMILES string of the molecule is COc1cc(/C=N\NC(=O)C(=O)N[C@H](C)c2ccccc2)cc(Cl)c1OCC(=O)Nc1ccc(C)cc1C. The van der Waals surface area contributed by atoms with Gasteiger partial charge in [0.05, 0.1) is 24.4 Å². The smallest absolute Gasteiger partial charge is 0.329 e. The lowest BCUT2D eigenvalue weighted by Gasteiger charge is -2.14. The predicted molar refractivity (Wildman–Crippen MR) is 147 cm³/mol. The van der Waals surface area contributed by atoms with Gasteiger partial charge in [-0.2, -0.15) is 5.10 Å². The molecule has 3 aromatic rings. The molecule has 0 spiro atoms. The summed E-state index contributed by atoms with van der Waals surface area (Å²) in [6.07, 6.45) is 1.30. The van der Waals surface area contributed by atoms with Crippen LogP contribution in [0.2, 0.25) is 5.02 Å². The molecule has 3 aromatic carbocycles. The van der Waals surface area contributed by atoms with Crippen LogP contribution in [0.15, 0.2) is 65.8 Å². The molecular formula is C28H29ClN4O5. The number of methoxy groups -OCH3 is 1. The molecule has 0 unspecified atom stereocenters. The van der Waals surface area contributed by atoms with Crippen LogP contribution in [0.5, 0.6) is 11.5 Å². The Morgan fingerprint density at radius 2 is 1.76 bits per heavy atom. The summed E-state index contributed by atoms with van der Waals surface area (Å²) in [4.78, 5) is 36.7. The molecular weight excluding hydrogens is 508 g/mol. The van der Waals surface area contributed by atoms with Crippen LogP contribution in [0.4, 0.5) is 5.69 Å². The van der Waals surface area contributed by atoms with Gasteiger partial charge in [-0.3, -0.25) is 14.4 Å². The van der Waals surface area contributed by atoms with Crippen molar-refractivity contribution in [3.8, 4) is 11.5 Å². The van der Waals surface area contributed by atoms with Crippen LogP contribution in [0.1, 0.15) is 35.2 Å². The number of hydrogen-bond donors (Lipinski definition) is 3. The second-order valence-corrected chi connectivity index (χ2v) is 8.90. The summed E-state index contributed by atoms with van der Waals surface area (Å²) in [5.74, 6) is -1.66. The Morgan fingerprint density at radius 3 is 2.45 bits per heavy atom. The molecule has 0 heterocycles. The van der Waals surface area contributed by atoms with E-state index in [1.165, 1.54) is 19.4 Å². The topological polar surface area (TPSA) is 118 Å². The van der Waals surface area contributed by atoms with Gasteiger partial charge < -0.3 is 20.1 Å². The number of nitrogens with zero attached hydrogens (tertiary/aromatic N) is 1. The Morgan fingerprint density at radius 1 is 1.03 bits per heavy atom. The lowest BCUT2D eigenvalue weighted by atomic mass is 10.1. The van der Waals surface area contributed by atoms with Gasteiger partial charge in [-0.25, -0.2) is 5.43 Å². The van der Waals surface area contributed by atoms with E-state index >= 15 is 0 Å². The van der Waals surface area contributed by atoms with Crippen LogP contribution in [0.25, 0.3) is 0 Å². The van der Waals surface area contributed by atoms with Crippen LogP contribution in [0, 0.1) is 13.8 Å². The fraction of sp³-hybridized carbons (Fsp3) is 0.214. The molecule has 0 aliphatic carbocycles. The maximum atomic E-state index is 12.4. The summed E-state index contributed by atoms with van der Waals surface area (Å²) in [6.45, 7) is 5.37. The number of hydrazone groups is 1. The maximum absolute atomic E-state index is 12.4. The molecule has 0 aliphatic heterocycles. The van der Waals surface area contributed by atoms with E-state index in [0.29, 0.717) is 11.3 Å². The molecule has 0 bridgehead atoms. The zero-order valence-electron chi connectivity index (χ0n) is 21.5. The highest BCUT2D eigenvalue weighted by atomic mass is 35.5. The van der Waals surface area contributed by atoms with Gasteiger partial charge in [-0.05, 0) is 55.7 Å². The summed E-state index contributed by atoms with van der Waals surface area (Å²) in [6, 6.07) is 17.7. The van der Waals surface area contributed by atoms with E-state index in [9.17, 15) is 14.4 Å². The number of anilines is 1. The third-order valence-electron chi connectivity index (χ3n) is 5.49. The van der Waals surface area contributed by atoms with Gasteiger partial charge in [0.1, 0.15) is 0 Å². The number of halogens is 1. The van der Waals surface area contributed by atoms with Crippen molar-refractivity contribution in [1.82, 2.24) is 10.7 Å². The van der Waals surface area contributed by atoms with E-state index in [1.807, 2.05) is 62.4 Å². The molecule has 0 aliphatic rings. The predicted octanol–water partition coefficient (Wildman–Crippen LogP) is 4.31. The first kappa shape index (κ1) is 28.2. The van der Waals surface area contributed by atoms with Crippen LogP contribution in [-0.4, -0.2) is 37.7 Å².